The molecule has 0 spiro atoms. The number of fused-ring (bicyclic) bond motifs is 1. The fourth-order valence-electron chi connectivity index (χ4n) is 2.57. The molecule has 2 nitrogen and oxygen atoms in total. The molecule has 3 rings (SSSR count). The number of benzene rings is 2. The van der Waals surface area contributed by atoms with Crippen molar-refractivity contribution in [3.05, 3.63) is 65.2 Å². The van der Waals surface area contributed by atoms with Gasteiger partial charge in [-0.2, -0.15) is 0 Å². The Hall–Kier alpha value is -1.87. The van der Waals surface area contributed by atoms with Crippen LogP contribution >= 0.6 is 11.6 Å². The second-order valence-corrected chi connectivity index (χ2v) is 5.41. The summed E-state index contributed by atoms with van der Waals surface area (Å²) < 4.78 is 15.8. The maximum Gasteiger partial charge on any atom is 0.126 e. The lowest BCUT2D eigenvalue weighted by atomic mass is 10.1. The van der Waals surface area contributed by atoms with Gasteiger partial charge in [-0.3, -0.25) is 0 Å². The van der Waals surface area contributed by atoms with Crippen molar-refractivity contribution < 1.29 is 4.39 Å². The summed E-state index contributed by atoms with van der Waals surface area (Å²) in [4.78, 5) is 4.56. The summed E-state index contributed by atoms with van der Waals surface area (Å²) in [6, 6.07) is 13.0. The van der Waals surface area contributed by atoms with Crippen LogP contribution in [0.5, 0.6) is 0 Å². The Morgan fingerprint density at radius 3 is 2.76 bits per heavy atom. The van der Waals surface area contributed by atoms with E-state index in [1.807, 2.05) is 25.1 Å². The molecule has 0 saturated carbocycles. The van der Waals surface area contributed by atoms with Crippen molar-refractivity contribution in [1.82, 2.24) is 9.55 Å². The Morgan fingerprint density at radius 1 is 1.19 bits per heavy atom. The molecule has 21 heavy (non-hydrogen) atoms. The first-order valence-electron chi connectivity index (χ1n) is 6.94. The topological polar surface area (TPSA) is 17.8 Å². The largest absolute Gasteiger partial charge is 0.327 e. The molecule has 108 valence electrons. The first-order valence-corrected chi connectivity index (χ1v) is 7.47. The molecule has 3 aromatic rings. The Labute approximate surface area is 128 Å². The third-order valence-corrected chi connectivity index (χ3v) is 3.90. The second kappa shape index (κ2) is 5.86. The molecule has 0 aliphatic rings. The number of rotatable bonds is 4. The van der Waals surface area contributed by atoms with Crippen LogP contribution in [0.25, 0.3) is 11.0 Å². The minimum atomic E-state index is -0.162. The van der Waals surface area contributed by atoms with Crippen LogP contribution in [0, 0.1) is 12.7 Å². The summed E-state index contributed by atoms with van der Waals surface area (Å²) >= 11 is 6.00. The van der Waals surface area contributed by atoms with Gasteiger partial charge in [0.25, 0.3) is 0 Å². The normalized spacial score (nSPS) is 11.2. The monoisotopic (exact) mass is 302 g/mol. The summed E-state index contributed by atoms with van der Waals surface area (Å²) in [5.74, 6) is 1.02. The molecule has 1 aromatic heterocycles. The number of hydrogen-bond donors (Lipinski definition) is 0. The smallest absolute Gasteiger partial charge is 0.126 e. The van der Waals surface area contributed by atoms with Crippen molar-refractivity contribution >= 4 is 22.6 Å². The fraction of sp³-hybridized carbons (Fsp3) is 0.235. The number of aromatic nitrogens is 2. The van der Waals surface area contributed by atoms with E-state index in [0.29, 0.717) is 24.4 Å². The Balaban J connectivity index is 1.94. The zero-order valence-corrected chi connectivity index (χ0v) is 12.6. The molecule has 0 N–H and O–H groups in total. The van der Waals surface area contributed by atoms with Gasteiger partial charge in [0, 0.05) is 6.54 Å². The van der Waals surface area contributed by atoms with Crippen LogP contribution in [0.15, 0.2) is 42.5 Å². The number of hydrogen-bond acceptors (Lipinski definition) is 1. The SMILES string of the molecule is Cc1ccc2c(c1)nc(CCl)n2CCc1ccccc1F. The fourth-order valence-corrected chi connectivity index (χ4v) is 2.78. The summed E-state index contributed by atoms with van der Waals surface area (Å²) in [6.45, 7) is 2.71. The predicted molar refractivity (Wildman–Crippen MR) is 84.1 cm³/mol. The van der Waals surface area contributed by atoms with Gasteiger partial charge in [0.15, 0.2) is 0 Å². The van der Waals surface area contributed by atoms with Gasteiger partial charge in [-0.05, 0) is 42.7 Å². The van der Waals surface area contributed by atoms with Crippen molar-refractivity contribution in [2.24, 2.45) is 0 Å². The number of imidazole rings is 1. The van der Waals surface area contributed by atoms with Gasteiger partial charge in [0.05, 0.1) is 16.9 Å². The maximum absolute atomic E-state index is 13.7. The lowest BCUT2D eigenvalue weighted by Crippen LogP contribution is -2.06. The molecule has 0 amide bonds. The van der Waals surface area contributed by atoms with E-state index in [1.165, 1.54) is 11.6 Å². The average Bonchev–Trinajstić information content (AvgIpc) is 2.83. The van der Waals surface area contributed by atoms with E-state index in [0.717, 1.165) is 16.9 Å². The first kappa shape index (κ1) is 14.1. The van der Waals surface area contributed by atoms with E-state index in [-0.39, 0.29) is 5.82 Å². The maximum atomic E-state index is 13.7. The summed E-state index contributed by atoms with van der Waals surface area (Å²) in [5.41, 5.74) is 3.88. The highest BCUT2D eigenvalue weighted by atomic mass is 35.5. The highest BCUT2D eigenvalue weighted by Gasteiger charge is 2.11. The highest BCUT2D eigenvalue weighted by molar-refractivity contribution is 6.16. The lowest BCUT2D eigenvalue weighted by Gasteiger charge is -2.08. The minimum absolute atomic E-state index is 0.162. The van der Waals surface area contributed by atoms with Gasteiger partial charge in [0.1, 0.15) is 11.6 Å². The van der Waals surface area contributed by atoms with Crippen LogP contribution in [0.4, 0.5) is 4.39 Å². The molecule has 0 unspecified atom stereocenters. The molecule has 0 aliphatic carbocycles. The van der Waals surface area contributed by atoms with Crippen molar-refractivity contribution in [1.29, 1.82) is 0 Å². The van der Waals surface area contributed by atoms with E-state index >= 15 is 0 Å². The van der Waals surface area contributed by atoms with Crippen LogP contribution in [0.2, 0.25) is 0 Å². The molecule has 0 bridgehead atoms. The average molecular weight is 303 g/mol. The zero-order valence-electron chi connectivity index (χ0n) is 11.8. The van der Waals surface area contributed by atoms with Crippen LogP contribution in [0.3, 0.4) is 0 Å². The number of nitrogens with zero attached hydrogens (tertiary/aromatic N) is 2. The van der Waals surface area contributed by atoms with Crippen LogP contribution in [0.1, 0.15) is 17.0 Å². The molecular weight excluding hydrogens is 287 g/mol. The van der Waals surface area contributed by atoms with E-state index in [1.54, 1.807) is 6.07 Å². The Morgan fingerprint density at radius 2 is 2.00 bits per heavy atom. The van der Waals surface area contributed by atoms with Crippen molar-refractivity contribution in [2.45, 2.75) is 25.8 Å². The Kier molecular flexibility index (Phi) is 3.93. The summed E-state index contributed by atoms with van der Waals surface area (Å²) in [6.07, 6.45) is 0.621. The molecule has 4 heteroatoms. The Bertz CT molecular complexity index is 780. The summed E-state index contributed by atoms with van der Waals surface area (Å²) in [7, 11) is 0. The molecular formula is C17H16ClFN2. The minimum Gasteiger partial charge on any atom is -0.327 e. The van der Waals surface area contributed by atoms with E-state index < -0.39 is 0 Å². The highest BCUT2D eigenvalue weighted by Crippen LogP contribution is 2.20. The third kappa shape index (κ3) is 2.79. The van der Waals surface area contributed by atoms with E-state index in [4.69, 9.17) is 11.6 Å². The van der Waals surface area contributed by atoms with Gasteiger partial charge in [-0.25, -0.2) is 9.37 Å². The number of halogens is 2. The first-order chi connectivity index (χ1) is 10.2. The molecule has 0 radical (unpaired) electrons. The summed E-state index contributed by atoms with van der Waals surface area (Å²) in [5, 5.41) is 0. The number of aryl methyl sites for hydroxylation is 3. The van der Waals surface area contributed by atoms with Gasteiger partial charge >= 0.3 is 0 Å². The quantitative estimate of drug-likeness (QED) is 0.650. The van der Waals surface area contributed by atoms with Crippen LogP contribution in [-0.2, 0) is 18.8 Å². The van der Waals surface area contributed by atoms with Gasteiger partial charge in [-0.1, -0.05) is 24.3 Å². The standard InChI is InChI=1S/C17H16ClFN2/c1-12-6-7-16-15(10-12)20-17(11-18)21(16)9-8-13-4-2-3-5-14(13)19/h2-7,10H,8-9,11H2,1H3. The van der Waals surface area contributed by atoms with Gasteiger partial charge in [0.2, 0.25) is 0 Å². The second-order valence-electron chi connectivity index (χ2n) is 5.15. The van der Waals surface area contributed by atoms with E-state index in [2.05, 4.69) is 21.7 Å². The number of alkyl halides is 1. The van der Waals surface area contributed by atoms with Gasteiger partial charge < -0.3 is 4.57 Å². The predicted octanol–water partition coefficient (Wildman–Crippen LogP) is 4.47. The van der Waals surface area contributed by atoms with Crippen LogP contribution < -0.4 is 0 Å². The molecule has 0 saturated heterocycles. The molecule has 1 heterocycles. The lowest BCUT2D eigenvalue weighted by molar-refractivity contribution is 0.593. The van der Waals surface area contributed by atoms with Crippen molar-refractivity contribution in [3.8, 4) is 0 Å². The molecule has 2 aromatic carbocycles. The molecule has 0 aliphatic heterocycles. The van der Waals surface area contributed by atoms with Crippen molar-refractivity contribution in [2.75, 3.05) is 0 Å². The third-order valence-electron chi connectivity index (χ3n) is 3.66. The van der Waals surface area contributed by atoms with E-state index in [9.17, 15) is 4.39 Å². The molecule has 0 fully saturated rings. The van der Waals surface area contributed by atoms with Crippen molar-refractivity contribution in [3.63, 3.8) is 0 Å². The van der Waals surface area contributed by atoms with Crippen LogP contribution in [-0.4, -0.2) is 9.55 Å². The molecule has 0 atom stereocenters. The zero-order chi connectivity index (χ0) is 14.8. The van der Waals surface area contributed by atoms with Gasteiger partial charge in [-0.15, -0.1) is 11.6 Å².